The molecule has 3 nitrogen and oxygen atoms in total. The van der Waals surface area contributed by atoms with Gasteiger partial charge in [-0.05, 0) is 62.3 Å². The number of benzene rings is 1. The molecule has 3 heteroatoms. The summed E-state index contributed by atoms with van der Waals surface area (Å²) in [6.07, 6.45) is 3.96. The second-order valence-corrected chi connectivity index (χ2v) is 6.68. The molecule has 2 rings (SSSR count). The van der Waals surface area contributed by atoms with Crippen LogP contribution in [0, 0.1) is 19.8 Å². The summed E-state index contributed by atoms with van der Waals surface area (Å²) < 4.78 is 1.72. The van der Waals surface area contributed by atoms with Crippen molar-refractivity contribution < 1.29 is 0 Å². The summed E-state index contributed by atoms with van der Waals surface area (Å²) in [5.74, 6) is 0.534. The second kappa shape index (κ2) is 6.99. The van der Waals surface area contributed by atoms with Crippen LogP contribution >= 0.6 is 0 Å². The minimum atomic E-state index is 0.118. The topological polar surface area (TPSA) is 37.8 Å². The fourth-order valence-electron chi connectivity index (χ4n) is 2.75. The van der Waals surface area contributed by atoms with E-state index in [1.54, 1.807) is 4.68 Å². The molecule has 0 saturated carbocycles. The summed E-state index contributed by atoms with van der Waals surface area (Å²) in [6, 6.07) is 6.17. The van der Waals surface area contributed by atoms with Gasteiger partial charge >= 0.3 is 0 Å². The smallest absolute Gasteiger partial charge is 0.274 e. The Bertz CT molecular complexity index is 692. The lowest BCUT2D eigenvalue weighted by Crippen LogP contribution is -2.17. The van der Waals surface area contributed by atoms with Gasteiger partial charge in [-0.2, -0.15) is 0 Å². The molecule has 0 fully saturated rings. The Balaban J connectivity index is 2.49. The van der Waals surface area contributed by atoms with Gasteiger partial charge < -0.3 is 0 Å². The van der Waals surface area contributed by atoms with Crippen LogP contribution in [-0.2, 0) is 12.8 Å². The average molecular weight is 300 g/mol. The van der Waals surface area contributed by atoms with Crippen LogP contribution < -0.4 is 5.56 Å². The van der Waals surface area contributed by atoms with Crippen molar-refractivity contribution in [2.24, 2.45) is 5.92 Å². The number of aryl methyl sites for hydroxylation is 2. The van der Waals surface area contributed by atoms with Crippen molar-refractivity contribution in [2.75, 3.05) is 0 Å². The SMILES string of the molecule is CCCCc1c(CC(C)C)[nH]n(-c2ccc(C)c(C)c2)c1=O. The highest BCUT2D eigenvalue weighted by atomic mass is 16.1. The first-order valence-electron chi connectivity index (χ1n) is 8.34. The van der Waals surface area contributed by atoms with E-state index in [-0.39, 0.29) is 5.56 Å². The number of rotatable bonds is 6. The zero-order valence-corrected chi connectivity index (χ0v) is 14.5. The van der Waals surface area contributed by atoms with Crippen LogP contribution in [0.3, 0.4) is 0 Å². The van der Waals surface area contributed by atoms with Gasteiger partial charge in [0.1, 0.15) is 0 Å². The van der Waals surface area contributed by atoms with Gasteiger partial charge in [-0.15, -0.1) is 0 Å². The number of unbranched alkanes of at least 4 members (excludes halogenated alkanes) is 1. The molecule has 2 aromatic rings. The molecule has 0 aliphatic rings. The molecule has 0 radical (unpaired) electrons. The Kier molecular flexibility index (Phi) is 5.28. The molecule has 0 aliphatic carbocycles. The number of hydrogen-bond donors (Lipinski definition) is 1. The summed E-state index contributed by atoms with van der Waals surface area (Å²) in [6.45, 7) is 10.7. The molecule has 0 amide bonds. The molecule has 1 aromatic heterocycles. The first-order chi connectivity index (χ1) is 10.4. The maximum absolute atomic E-state index is 12.8. The molecule has 0 bridgehead atoms. The van der Waals surface area contributed by atoms with Gasteiger partial charge in [-0.25, -0.2) is 4.68 Å². The number of nitrogens with zero attached hydrogens (tertiary/aromatic N) is 1. The highest BCUT2D eigenvalue weighted by molar-refractivity contribution is 5.40. The fourth-order valence-corrected chi connectivity index (χ4v) is 2.75. The Morgan fingerprint density at radius 3 is 2.50 bits per heavy atom. The zero-order chi connectivity index (χ0) is 16.3. The number of H-pyrrole nitrogens is 1. The molecule has 1 heterocycles. The third-order valence-electron chi connectivity index (χ3n) is 4.21. The highest BCUT2D eigenvalue weighted by Crippen LogP contribution is 2.16. The van der Waals surface area contributed by atoms with Gasteiger partial charge in [0, 0.05) is 11.3 Å². The van der Waals surface area contributed by atoms with E-state index in [9.17, 15) is 4.79 Å². The van der Waals surface area contributed by atoms with E-state index in [0.29, 0.717) is 5.92 Å². The molecular weight excluding hydrogens is 272 g/mol. The van der Waals surface area contributed by atoms with Crippen molar-refractivity contribution >= 4 is 0 Å². The monoisotopic (exact) mass is 300 g/mol. The quantitative estimate of drug-likeness (QED) is 0.847. The van der Waals surface area contributed by atoms with E-state index in [0.717, 1.165) is 42.6 Å². The van der Waals surface area contributed by atoms with Crippen LogP contribution in [0.1, 0.15) is 56.0 Å². The standard InChI is InChI=1S/C19H28N2O/c1-6-7-8-17-18(11-13(2)3)20-21(19(17)22)16-10-9-14(4)15(5)12-16/h9-10,12-13,20H,6-8,11H2,1-5H3. The first-order valence-corrected chi connectivity index (χ1v) is 8.34. The largest absolute Gasteiger partial charge is 0.295 e. The van der Waals surface area contributed by atoms with Gasteiger partial charge in [0.2, 0.25) is 0 Å². The molecule has 0 aliphatic heterocycles. The van der Waals surface area contributed by atoms with Crippen molar-refractivity contribution in [1.29, 1.82) is 0 Å². The van der Waals surface area contributed by atoms with Crippen molar-refractivity contribution in [3.63, 3.8) is 0 Å². The van der Waals surface area contributed by atoms with Gasteiger partial charge in [-0.3, -0.25) is 9.89 Å². The second-order valence-electron chi connectivity index (χ2n) is 6.68. The lowest BCUT2D eigenvalue weighted by molar-refractivity contribution is 0.622. The minimum absolute atomic E-state index is 0.118. The summed E-state index contributed by atoms with van der Waals surface area (Å²) in [5, 5.41) is 3.36. The Morgan fingerprint density at radius 1 is 1.18 bits per heavy atom. The van der Waals surface area contributed by atoms with Crippen LogP contribution in [0.5, 0.6) is 0 Å². The van der Waals surface area contributed by atoms with E-state index >= 15 is 0 Å². The van der Waals surface area contributed by atoms with Crippen LogP contribution in [0.4, 0.5) is 0 Å². The van der Waals surface area contributed by atoms with E-state index in [1.807, 2.05) is 6.07 Å². The van der Waals surface area contributed by atoms with Crippen molar-refractivity contribution in [2.45, 2.75) is 60.3 Å². The Morgan fingerprint density at radius 2 is 1.91 bits per heavy atom. The van der Waals surface area contributed by atoms with Crippen molar-refractivity contribution in [1.82, 2.24) is 9.78 Å². The molecular formula is C19H28N2O. The van der Waals surface area contributed by atoms with Gasteiger partial charge in [0.15, 0.2) is 0 Å². The molecule has 1 aromatic carbocycles. The molecule has 22 heavy (non-hydrogen) atoms. The van der Waals surface area contributed by atoms with Gasteiger partial charge in [0.05, 0.1) is 5.69 Å². The van der Waals surface area contributed by atoms with E-state index in [1.165, 1.54) is 11.1 Å². The maximum Gasteiger partial charge on any atom is 0.274 e. The molecule has 0 atom stereocenters. The normalized spacial score (nSPS) is 11.4. The van der Waals surface area contributed by atoms with Gasteiger partial charge in [-0.1, -0.05) is 33.3 Å². The van der Waals surface area contributed by atoms with Gasteiger partial charge in [0.25, 0.3) is 5.56 Å². The summed E-state index contributed by atoms with van der Waals surface area (Å²) >= 11 is 0. The predicted molar refractivity (Wildman–Crippen MR) is 93.0 cm³/mol. The number of aromatic nitrogens is 2. The van der Waals surface area contributed by atoms with E-state index in [2.05, 4.69) is 51.9 Å². The minimum Gasteiger partial charge on any atom is -0.295 e. The predicted octanol–water partition coefficient (Wildman–Crippen LogP) is 4.32. The summed E-state index contributed by atoms with van der Waals surface area (Å²) in [5.41, 5.74) is 5.57. The Hall–Kier alpha value is -1.77. The van der Waals surface area contributed by atoms with Crippen molar-refractivity contribution in [3.8, 4) is 5.69 Å². The summed E-state index contributed by atoms with van der Waals surface area (Å²) in [7, 11) is 0. The number of nitrogens with one attached hydrogen (secondary N) is 1. The molecule has 120 valence electrons. The number of aromatic amines is 1. The molecule has 0 saturated heterocycles. The Labute approximate surface area is 133 Å². The van der Waals surface area contributed by atoms with Crippen LogP contribution in [0.15, 0.2) is 23.0 Å². The van der Waals surface area contributed by atoms with E-state index in [4.69, 9.17) is 0 Å². The molecule has 0 unspecified atom stereocenters. The van der Waals surface area contributed by atoms with Crippen LogP contribution in [0.2, 0.25) is 0 Å². The highest BCUT2D eigenvalue weighted by Gasteiger charge is 2.16. The lowest BCUT2D eigenvalue weighted by Gasteiger charge is -2.06. The van der Waals surface area contributed by atoms with Crippen LogP contribution in [0.25, 0.3) is 5.69 Å². The number of hydrogen-bond acceptors (Lipinski definition) is 1. The third kappa shape index (κ3) is 3.52. The zero-order valence-electron chi connectivity index (χ0n) is 14.5. The molecule has 0 spiro atoms. The average Bonchev–Trinajstić information content (AvgIpc) is 2.75. The van der Waals surface area contributed by atoms with E-state index < -0.39 is 0 Å². The fraction of sp³-hybridized carbons (Fsp3) is 0.526. The maximum atomic E-state index is 12.8. The lowest BCUT2D eigenvalue weighted by atomic mass is 10.0. The first kappa shape index (κ1) is 16.6. The van der Waals surface area contributed by atoms with Crippen molar-refractivity contribution in [3.05, 3.63) is 50.9 Å². The third-order valence-corrected chi connectivity index (χ3v) is 4.21. The molecule has 1 N–H and O–H groups in total. The summed E-state index contributed by atoms with van der Waals surface area (Å²) in [4.78, 5) is 12.8. The van der Waals surface area contributed by atoms with Crippen LogP contribution in [-0.4, -0.2) is 9.78 Å².